The van der Waals surface area contributed by atoms with E-state index < -0.39 is 0 Å². The van der Waals surface area contributed by atoms with Gasteiger partial charge in [0.25, 0.3) is 0 Å². The lowest BCUT2D eigenvalue weighted by molar-refractivity contribution is -0.137. The van der Waals surface area contributed by atoms with Gasteiger partial charge in [0.15, 0.2) is 0 Å². The van der Waals surface area contributed by atoms with Gasteiger partial charge in [-0.1, -0.05) is 36.2 Å². The smallest absolute Gasteiger partial charge is 0.228 e. The van der Waals surface area contributed by atoms with Crippen LogP contribution in [-0.2, 0) is 9.59 Å². The quantitative estimate of drug-likeness (QED) is 0.857. The van der Waals surface area contributed by atoms with Crippen molar-refractivity contribution in [2.45, 2.75) is 45.1 Å². The monoisotopic (exact) mass is 368 g/mol. The molecule has 0 aromatic heterocycles. The van der Waals surface area contributed by atoms with Gasteiger partial charge in [-0.25, -0.2) is 0 Å². The van der Waals surface area contributed by atoms with Crippen LogP contribution in [0.25, 0.3) is 0 Å². The maximum atomic E-state index is 12.7. The van der Waals surface area contributed by atoms with Crippen LogP contribution in [0.4, 0.5) is 5.69 Å². The molecule has 1 aliphatic heterocycles. The van der Waals surface area contributed by atoms with E-state index in [1.807, 2.05) is 4.90 Å². The third-order valence-electron chi connectivity index (χ3n) is 5.04. The fourth-order valence-electron chi connectivity index (χ4n) is 3.51. The third kappa shape index (κ3) is 3.55. The summed E-state index contributed by atoms with van der Waals surface area (Å²) >= 11 is 12.1. The number of halogens is 2. The van der Waals surface area contributed by atoms with Crippen LogP contribution < -0.4 is 5.32 Å². The molecule has 0 bridgehead atoms. The molecule has 0 radical (unpaired) electrons. The van der Waals surface area contributed by atoms with Gasteiger partial charge in [-0.15, -0.1) is 0 Å². The zero-order chi connectivity index (χ0) is 17.3. The highest BCUT2D eigenvalue weighted by molar-refractivity contribution is 6.44. The summed E-state index contributed by atoms with van der Waals surface area (Å²) in [6.07, 6.45) is 4.92. The first-order valence-electron chi connectivity index (χ1n) is 8.58. The van der Waals surface area contributed by atoms with E-state index in [4.69, 9.17) is 23.2 Å². The van der Waals surface area contributed by atoms with E-state index in [9.17, 15) is 9.59 Å². The van der Waals surface area contributed by atoms with Gasteiger partial charge in [-0.05, 0) is 44.2 Å². The van der Waals surface area contributed by atoms with Crippen molar-refractivity contribution >= 4 is 40.7 Å². The van der Waals surface area contributed by atoms with Crippen LogP contribution in [0, 0.1) is 11.8 Å². The minimum absolute atomic E-state index is 0.138. The Morgan fingerprint density at radius 1 is 1.25 bits per heavy atom. The number of nitrogens with one attached hydrogen (secondary N) is 1. The Kier molecular flexibility index (Phi) is 5.36. The summed E-state index contributed by atoms with van der Waals surface area (Å²) < 4.78 is 0. The normalized spacial score (nSPS) is 26.1. The molecule has 4 nitrogen and oxygen atoms in total. The molecule has 3 atom stereocenters. The van der Waals surface area contributed by atoms with Gasteiger partial charge in [-0.3, -0.25) is 9.59 Å². The second-order valence-electron chi connectivity index (χ2n) is 6.63. The molecule has 0 spiro atoms. The SMILES string of the molecule is CCC1CCCCN1C(=O)C1CC1C(=O)Nc1cccc(Cl)c1Cl. The molecule has 1 aliphatic carbocycles. The summed E-state index contributed by atoms with van der Waals surface area (Å²) in [4.78, 5) is 27.1. The van der Waals surface area contributed by atoms with Crippen LogP contribution in [0.5, 0.6) is 0 Å². The molecule has 2 amide bonds. The van der Waals surface area contributed by atoms with E-state index in [0.29, 0.717) is 28.2 Å². The number of piperidine rings is 1. The Labute approximate surface area is 152 Å². The molecule has 3 unspecified atom stereocenters. The molecule has 1 heterocycles. The van der Waals surface area contributed by atoms with Crippen molar-refractivity contribution in [3.63, 3.8) is 0 Å². The number of amides is 2. The van der Waals surface area contributed by atoms with Gasteiger partial charge in [0, 0.05) is 12.6 Å². The van der Waals surface area contributed by atoms with E-state index in [0.717, 1.165) is 25.8 Å². The van der Waals surface area contributed by atoms with Crippen LogP contribution in [0.1, 0.15) is 39.0 Å². The number of rotatable bonds is 4. The lowest BCUT2D eigenvalue weighted by Gasteiger charge is -2.35. The standard InChI is InChI=1S/C18H22Cl2N2O2/c1-2-11-6-3-4-9-22(11)18(24)13-10-12(13)17(23)21-15-8-5-7-14(19)16(15)20/h5,7-8,11-13H,2-4,6,9-10H2,1H3,(H,21,23). The van der Waals surface area contributed by atoms with Crippen molar-refractivity contribution in [2.24, 2.45) is 11.8 Å². The highest BCUT2D eigenvalue weighted by atomic mass is 35.5. The Morgan fingerprint density at radius 3 is 2.79 bits per heavy atom. The molecule has 1 aromatic carbocycles. The number of likely N-dealkylation sites (tertiary alicyclic amines) is 1. The lowest BCUT2D eigenvalue weighted by atomic mass is 9.99. The molecule has 130 valence electrons. The highest BCUT2D eigenvalue weighted by Crippen LogP contribution is 2.42. The van der Waals surface area contributed by atoms with Gasteiger partial charge >= 0.3 is 0 Å². The number of hydrogen-bond donors (Lipinski definition) is 1. The van der Waals surface area contributed by atoms with Crippen molar-refractivity contribution in [1.82, 2.24) is 4.90 Å². The Bertz CT molecular complexity index is 650. The van der Waals surface area contributed by atoms with Crippen LogP contribution in [0.3, 0.4) is 0 Å². The average molecular weight is 369 g/mol. The number of hydrogen-bond acceptors (Lipinski definition) is 2. The summed E-state index contributed by atoms with van der Waals surface area (Å²) in [6.45, 7) is 2.94. The Morgan fingerprint density at radius 2 is 2.04 bits per heavy atom. The third-order valence-corrected chi connectivity index (χ3v) is 5.85. The van der Waals surface area contributed by atoms with Gasteiger partial charge in [0.05, 0.1) is 27.6 Å². The predicted octanol–water partition coefficient (Wildman–Crippen LogP) is 4.36. The van der Waals surface area contributed by atoms with Crippen LogP contribution in [-0.4, -0.2) is 29.3 Å². The molecular formula is C18H22Cl2N2O2. The average Bonchev–Trinajstić information content (AvgIpc) is 3.39. The number of nitrogens with zero attached hydrogens (tertiary/aromatic N) is 1. The van der Waals surface area contributed by atoms with E-state index in [-0.39, 0.29) is 23.7 Å². The lowest BCUT2D eigenvalue weighted by Crippen LogP contribution is -2.44. The molecule has 6 heteroatoms. The highest BCUT2D eigenvalue weighted by Gasteiger charge is 2.50. The number of carbonyl (C=O) groups excluding carboxylic acids is 2. The molecule has 2 fully saturated rings. The van der Waals surface area contributed by atoms with Crippen LogP contribution in [0.15, 0.2) is 18.2 Å². The molecule has 1 aromatic rings. The molecular weight excluding hydrogens is 347 g/mol. The topological polar surface area (TPSA) is 49.4 Å². The number of anilines is 1. The van der Waals surface area contributed by atoms with E-state index in [2.05, 4.69) is 12.2 Å². The largest absolute Gasteiger partial charge is 0.339 e. The van der Waals surface area contributed by atoms with E-state index in [1.54, 1.807) is 18.2 Å². The summed E-state index contributed by atoms with van der Waals surface area (Å²) in [5.74, 6) is -0.455. The molecule has 3 rings (SSSR count). The second-order valence-corrected chi connectivity index (χ2v) is 7.41. The Balaban J connectivity index is 1.61. The van der Waals surface area contributed by atoms with Crippen molar-refractivity contribution in [3.8, 4) is 0 Å². The Hall–Kier alpha value is -1.26. The van der Waals surface area contributed by atoms with Gasteiger partial charge in [-0.2, -0.15) is 0 Å². The summed E-state index contributed by atoms with van der Waals surface area (Å²) in [7, 11) is 0. The first-order chi connectivity index (χ1) is 11.5. The summed E-state index contributed by atoms with van der Waals surface area (Å²) in [5.41, 5.74) is 0.497. The fraction of sp³-hybridized carbons (Fsp3) is 0.556. The molecule has 2 aliphatic rings. The first-order valence-corrected chi connectivity index (χ1v) is 9.33. The van der Waals surface area contributed by atoms with Crippen LogP contribution in [0.2, 0.25) is 10.0 Å². The maximum Gasteiger partial charge on any atom is 0.228 e. The maximum absolute atomic E-state index is 12.7. The van der Waals surface area contributed by atoms with E-state index >= 15 is 0 Å². The molecule has 24 heavy (non-hydrogen) atoms. The number of benzene rings is 1. The minimum atomic E-state index is -0.257. The van der Waals surface area contributed by atoms with Crippen molar-refractivity contribution in [3.05, 3.63) is 28.2 Å². The van der Waals surface area contributed by atoms with E-state index in [1.165, 1.54) is 6.42 Å². The predicted molar refractivity (Wildman–Crippen MR) is 96.3 cm³/mol. The van der Waals surface area contributed by atoms with Crippen molar-refractivity contribution < 1.29 is 9.59 Å². The van der Waals surface area contributed by atoms with Gasteiger partial charge < -0.3 is 10.2 Å². The van der Waals surface area contributed by atoms with Crippen molar-refractivity contribution in [1.29, 1.82) is 0 Å². The minimum Gasteiger partial charge on any atom is -0.339 e. The molecule has 1 saturated carbocycles. The van der Waals surface area contributed by atoms with Gasteiger partial charge in [0.2, 0.25) is 11.8 Å². The summed E-state index contributed by atoms with van der Waals surface area (Å²) in [6, 6.07) is 5.45. The fourth-order valence-corrected chi connectivity index (χ4v) is 3.86. The number of carbonyl (C=O) groups is 2. The molecule has 1 N–H and O–H groups in total. The summed E-state index contributed by atoms with van der Waals surface area (Å²) in [5, 5.41) is 3.53. The van der Waals surface area contributed by atoms with Crippen LogP contribution >= 0.6 is 23.2 Å². The second kappa shape index (κ2) is 7.32. The van der Waals surface area contributed by atoms with Crippen molar-refractivity contribution in [2.75, 3.05) is 11.9 Å². The first kappa shape index (κ1) is 17.6. The van der Waals surface area contributed by atoms with Gasteiger partial charge in [0.1, 0.15) is 0 Å². The molecule has 1 saturated heterocycles. The zero-order valence-electron chi connectivity index (χ0n) is 13.7. The zero-order valence-corrected chi connectivity index (χ0v) is 15.2.